The van der Waals surface area contributed by atoms with Crippen LogP contribution in [0.15, 0.2) is 12.1 Å². The van der Waals surface area contributed by atoms with Crippen LogP contribution in [0.3, 0.4) is 0 Å². The molecule has 0 aliphatic rings. The normalized spacial score (nSPS) is 13.6. The van der Waals surface area contributed by atoms with E-state index in [1.165, 1.54) is 6.92 Å². The Morgan fingerprint density at radius 2 is 1.62 bits per heavy atom. The Morgan fingerprint density at radius 3 is 1.95 bits per heavy atom. The first kappa shape index (κ1) is 19.9. The SMILES string of the molecule is CC[C@H](N)c1c(OC)cc(C(F)(F)F)cc1C(F)(F)F.Cl. The first-order valence-corrected chi connectivity index (χ1v) is 5.64. The van der Waals surface area contributed by atoms with Crippen molar-refractivity contribution in [3.05, 3.63) is 28.8 Å². The molecule has 0 amide bonds. The number of hydrogen-bond donors (Lipinski definition) is 1. The number of methoxy groups -OCH3 is 1. The van der Waals surface area contributed by atoms with Crippen molar-refractivity contribution < 1.29 is 31.1 Å². The summed E-state index contributed by atoms with van der Waals surface area (Å²) in [5.74, 6) is -0.512. The fraction of sp³-hybridized carbons (Fsp3) is 0.500. The van der Waals surface area contributed by atoms with Gasteiger partial charge in [-0.2, -0.15) is 26.3 Å². The largest absolute Gasteiger partial charge is 0.496 e. The fourth-order valence-corrected chi connectivity index (χ4v) is 1.78. The average Bonchev–Trinajstić information content (AvgIpc) is 2.33. The number of benzene rings is 1. The number of ether oxygens (including phenoxy) is 1. The highest BCUT2D eigenvalue weighted by Gasteiger charge is 2.40. The van der Waals surface area contributed by atoms with Crippen LogP contribution in [0.5, 0.6) is 5.75 Å². The summed E-state index contributed by atoms with van der Waals surface area (Å²) in [5, 5.41) is 0. The Kier molecular flexibility index (Phi) is 6.37. The minimum Gasteiger partial charge on any atom is -0.496 e. The van der Waals surface area contributed by atoms with Gasteiger partial charge in [-0.25, -0.2) is 0 Å². The van der Waals surface area contributed by atoms with Crippen molar-refractivity contribution in [1.82, 2.24) is 0 Å². The first-order chi connectivity index (χ1) is 9.02. The van der Waals surface area contributed by atoms with Crippen LogP contribution in [-0.4, -0.2) is 7.11 Å². The molecule has 0 saturated carbocycles. The van der Waals surface area contributed by atoms with E-state index in [1.807, 2.05) is 0 Å². The second-order valence-corrected chi connectivity index (χ2v) is 4.15. The van der Waals surface area contributed by atoms with Crippen LogP contribution < -0.4 is 10.5 Å². The van der Waals surface area contributed by atoms with Gasteiger partial charge in [-0.3, -0.25) is 0 Å². The lowest BCUT2D eigenvalue weighted by atomic mass is 9.95. The molecule has 2 nitrogen and oxygen atoms in total. The number of rotatable bonds is 3. The van der Waals surface area contributed by atoms with E-state index in [1.54, 1.807) is 0 Å². The van der Waals surface area contributed by atoms with E-state index in [2.05, 4.69) is 4.74 Å². The predicted molar refractivity (Wildman–Crippen MR) is 67.5 cm³/mol. The van der Waals surface area contributed by atoms with Gasteiger partial charge in [0.25, 0.3) is 0 Å². The van der Waals surface area contributed by atoms with Crippen LogP contribution in [0, 0.1) is 0 Å². The minimum atomic E-state index is -4.95. The highest BCUT2D eigenvalue weighted by atomic mass is 35.5. The maximum Gasteiger partial charge on any atom is 0.416 e. The number of hydrogen-bond acceptors (Lipinski definition) is 2. The van der Waals surface area contributed by atoms with Crippen LogP contribution in [-0.2, 0) is 12.4 Å². The highest BCUT2D eigenvalue weighted by molar-refractivity contribution is 5.85. The summed E-state index contributed by atoms with van der Waals surface area (Å²) in [6.45, 7) is 1.53. The van der Waals surface area contributed by atoms with E-state index < -0.39 is 40.8 Å². The molecule has 21 heavy (non-hydrogen) atoms. The van der Waals surface area contributed by atoms with Crippen LogP contribution in [0.25, 0.3) is 0 Å². The zero-order chi connectivity index (χ0) is 15.7. The van der Waals surface area contributed by atoms with E-state index in [4.69, 9.17) is 5.73 Å². The number of nitrogens with two attached hydrogens (primary N) is 1. The summed E-state index contributed by atoms with van der Waals surface area (Å²) in [7, 11) is 1.00. The van der Waals surface area contributed by atoms with Crippen molar-refractivity contribution in [2.24, 2.45) is 5.73 Å². The highest BCUT2D eigenvalue weighted by Crippen LogP contribution is 2.43. The standard InChI is InChI=1S/C12H13F6NO.ClH/c1-3-8(19)10-7(12(16,17)18)4-6(11(13,14)15)5-9(10)20-2;/h4-5,8H,3,19H2,1-2H3;1H/t8-;/m0./s1. The summed E-state index contributed by atoms with van der Waals surface area (Å²) in [6, 6.07) is -0.475. The third kappa shape index (κ3) is 4.41. The molecular formula is C12H14ClF6NO. The molecular weight excluding hydrogens is 324 g/mol. The number of alkyl halides is 6. The van der Waals surface area contributed by atoms with Crippen LogP contribution in [0.2, 0.25) is 0 Å². The quantitative estimate of drug-likeness (QED) is 0.820. The van der Waals surface area contributed by atoms with Crippen LogP contribution in [0.1, 0.15) is 36.1 Å². The molecule has 1 atom stereocenters. The summed E-state index contributed by atoms with van der Waals surface area (Å²) in [4.78, 5) is 0. The van der Waals surface area contributed by atoms with E-state index in [0.29, 0.717) is 6.07 Å². The zero-order valence-electron chi connectivity index (χ0n) is 11.1. The van der Waals surface area contributed by atoms with Gasteiger partial charge in [0.05, 0.1) is 18.2 Å². The number of halogens is 7. The van der Waals surface area contributed by atoms with Gasteiger partial charge in [0.1, 0.15) is 5.75 Å². The molecule has 122 valence electrons. The van der Waals surface area contributed by atoms with Gasteiger partial charge in [-0.1, -0.05) is 6.92 Å². The second-order valence-electron chi connectivity index (χ2n) is 4.15. The monoisotopic (exact) mass is 337 g/mol. The van der Waals surface area contributed by atoms with Crippen molar-refractivity contribution in [3.8, 4) is 5.75 Å². The van der Waals surface area contributed by atoms with Gasteiger partial charge in [-0.15, -0.1) is 12.4 Å². The maximum atomic E-state index is 13.0. The first-order valence-electron chi connectivity index (χ1n) is 5.64. The summed E-state index contributed by atoms with van der Waals surface area (Å²) < 4.78 is 81.4. The molecule has 0 unspecified atom stereocenters. The molecule has 0 fully saturated rings. The third-order valence-corrected chi connectivity index (χ3v) is 2.81. The lowest BCUT2D eigenvalue weighted by molar-refractivity contribution is -0.143. The fourth-order valence-electron chi connectivity index (χ4n) is 1.78. The molecule has 0 bridgehead atoms. The summed E-state index contributed by atoms with van der Waals surface area (Å²) >= 11 is 0. The molecule has 2 N–H and O–H groups in total. The molecule has 0 spiro atoms. The van der Waals surface area contributed by atoms with E-state index in [9.17, 15) is 26.3 Å². The molecule has 0 radical (unpaired) electrons. The Balaban J connectivity index is 0.00000400. The van der Waals surface area contributed by atoms with Gasteiger partial charge in [0.2, 0.25) is 0 Å². The predicted octanol–water partition coefficient (Wildman–Crippen LogP) is 4.56. The van der Waals surface area contributed by atoms with Crippen molar-refractivity contribution >= 4 is 12.4 Å². The molecule has 0 saturated heterocycles. The van der Waals surface area contributed by atoms with Gasteiger partial charge in [0, 0.05) is 11.6 Å². The van der Waals surface area contributed by atoms with Gasteiger partial charge < -0.3 is 10.5 Å². The van der Waals surface area contributed by atoms with Crippen LogP contribution >= 0.6 is 12.4 Å². The minimum absolute atomic E-state index is 0. The topological polar surface area (TPSA) is 35.2 Å². The molecule has 1 aromatic rings. The lowest BCUT2D eigenvalue weighted by Gasteiger charge is -2.22. The molecule has 1 rings (SSSR count). The molecule has 9 heteroatoms. The van der Waals surface area contributed by atoms with E-state index in [-0.39, 0.29) is 24.9 Å². The average molecular weight is 338 g/mol. The third-order valence-electron chi connectivity index (χ3n) is 2.81. The second kappa shape index (κ2) is 6.74. The molecule has 0 heterocycles. The Hall–Kier alpha value is -1.15. The molecule has 0 aliphatic heterocycles. The van der Waals surface area contributed by atoms with Gasteiger partial charge in [0.15, 0.2) is 0 Å². The molecule has 1 aromatic carbocycles. The lowest BCUT2D eigenvalue weighted by Crippen LogP contribution is -2.20. The van der Waals surface area contributed by atoms with Crippen molar-refractivity contribution in [2.45, 2.75) is 31.7 Å². The van der Waals surface area contributed by atoms with Crippen molar-refractivity contribution in [3.63, 3.8) is 0 Å². The van der Waals surface area contributed by atoms with Crippen molar-refractivity contribution in [1.29, 1.82) is 0 Å². The van der Waals surface area contributed by atoms with Crippen molar-refractivity contribution in [2.75, 3.05) is 7.11 Å². The van der Waals surface area contributed by atoms with Gasteiger partial charge >= 0.3 is 12.4 Å². The Morgan fingerprint density at radius 1 is 1.10 bits per heavy atom. The van der Waals surface area contributed by atoms with Crippen LogP contribution in [0.4, 0.5) is 26.3 Å². The van der Waals surface area contributed by atoms with E-state index in [0.717, 1.165) is 7.11 Å². The van der Waals surface area contributed by atoms with E-state index >= 15 is 0 Å². The zero-order valence-corrected chi connectivity index (χ0v) is 11.9. The molecule has 0 aromatic heterocycles. The summed E-state index contributed by atoms with van der Waals surface area (Å²) in [5.41, 5.74) is 2.26. The molecule has 0 aliphatic carbocycles. The summed E-state index contributed by atoms with van der Waals surface area (Å²) in [6.07, 6.45) is -9.72. The Bertz CT molecular complexity index is 486. The maximum absolute atomic E-state index is 13.0. The van der Waals surface area contributed by atoms with Gasteiger partial charge in [-0.05, 0) is 18.6 Å². The smallest absolute Gasteiger partial charge is 0.416 e. The Labute approximate surface area is 123 Å².